The van der Waals surface area contributed by atoms with Gasteiger partial charge in [-0.25, -0.2) is 19.9 Å². The van der Waals surface area contributed by atoms with E-state index in [0.29, 0.717) is 28.9 Å². The third kappa shape index (κ3) is 6.39. The van der Waals surface area contributed by atoms with Gasteiger partial charge in [0.15, 0.2) is 23.1 Å². The molecule has 0 aliphatic rings. The molecule has 0 unspecified atom stereocenters. The minimum atomic E-state index is 0.555. The highest BCUT2D eigenvalue weighted by Gasteiger charge is 2.20. The first-order valence-corrected chi connectivity index (χ1v) is 18.7. The van der Waals surface area contributed by atoms with Crippen molar-refractivity contribution >= 4 is 21.9 Å². The molecule has 6 nitrogen and oxygen atoms in total. The number of hydrogen-bond acceptors (Lipinski definition) is 6. The fraction of sp³-hybridized carbons (Fsp3) is 0. The predicted molar refractivity (Wildman–Crippen MR) is 228 cm³/mol. The quantitative estimate of drug-likeness (QED) is 0.162. The van der Waals surface area contributed by atoms with E-state index >= 15 is 0 Å². The molecule has 266 valence electrons. The molecule has 6 heteroatoms. The van der Waals surface area contributed by atoms with Crippen LogP contribution >= 0.6 is 0 Å². The highest BCUT2D eigenvalue weighted by atomic mass is 16.3. The molecule has 0 spiro atoms. The molecule has 2 aromatic heterocycles. The van der Waals surface area contributed by atoms with Gasteiger partial charge in [-0.05, 0) is 75.2 Å². The van der Waals surface area contributed by atoms with E-state index in [2.05, 4.69) is 72.8 Å². The second-order valence-corrected chi connectivity index (χ2v) is 13.8. The summed E-state index contributed by atoms with van der Waals surface area (Å²) in [6.45, 7) is 0. The highest BCUT2D eigenvalue weighted by Crippen LogP contribution is 2.42. The Morgan fingerprint density at radius 2 is 0.965 bits per heavy atom. The van der Waals surface area contributed by atoms with Gasteiger partial charge in [0, 0.05) is 27.6 Å². The Balaban J connectivity index is 1.15. The Bertz CT molecular complexity index is 3070. The third-order valence-electron chi connectivity index (χ3n) is 10.2. The van der Waals surface area contributed by atoms with Crippen LogP contribution in [0.2, 0.25) is 0 Å². The lowest BCUT2D eigenvalue weighted by Crippen LogP contribution is -2.00. The Morgan fingerprint density at radius 3 is 1.68 bits per heavy atom. The van der Waals surface area contributed by atoms with Gasteiger partial charge in [-0.2, -0.15) is 5.26 Å². The van der Waals surface area contributed by atoms with E-state index in [1.807, 2.05) is 121 Å². The number of nitrogens with zero attached hydrogens (tertiary/aromatic N) is 5. The minimum absolute atomic E-state index is 0.555. The summed E-state index contributed by atoms with van der Waals surface area (Å²) in [4.78, 5) is 20.0. The lowest BCUT2D eigenvalue weighted by molar-refractivity contribution is 0.623. The molecule has 0 saturated carbocycles. The van der Waals surface area contributed by atoms with Crippen LogP contribution in [-0.4, -0.2) is 19.9 Å². The van der Waals surface area contributed by atoms with Crippen LogP contribution in [0.3, 0.4) is 0 Å². The summed E-state index contributed by atoms with van der Waals surface area (Å²) in [6, 6.07) is 65.4. The highest BCUT2D eigenvalue weighted by molar-refractivity contribution is 6.04. The van der Waals surface area contributed by atoms with Crippen molar-refractivity contribution in [2.45, 2.75) is 0 Å². The average molecular weight is 730 g/mol. The normalized spacial score (nSPS) is 11.1. The van der Waals surface area contributed by atoms with E-state index in [1.54, 1.807) is 0 Å². The van der Waals surface area contributed by atoms with Crippen LogP contribution in [0.15, 0.2) is 192 Å². The molecule has 0 radical (unpaired) electrons. The summed E-state index contributed by atoms with van der Waals surface area (Å²) in [7, 11) is 0. The number of aromatic nitrogens is 4. The van der Waals surface area contributed by atoms with E-state index < -0.39 is 0 Å². The summed E-state index contributed by atoms with van der Waals surface area (Å²) in [5.74, 6) is 2.34. The first-order valence-electron chi connectivity index (χ1n) is 18.7. The van der Waals surface area contributed by atoms with Crippen molar-refractivity contribution in [3.05, 3.63) is 194 Å². The van der Waals surface area contributed by atoms with Gasteiger partial charge < -0.3 is 4.42 Å². The first kappa shape index (κ1) is 33.6. The average Bonchev–Trinajstić information content (AvgIpc) is 3.75. The molecule has 0 aliphatic carbocycles. The molecule has 0 bridgehead atoms. The van der Waals surface area contributed by atoms with Crippen LogP contribution in [0.25, 0.3) is 101 Å². The van der Waals surface area contributed by atoms with E-state index in [1.165, 1.54) is 0 Å². The molecular formula is C51H31N5O. The van der Waals surface area contributed by atoms with Crippen molar-refractivity contribution in [1.29, 1.82) is 5.26 Å². The van der Waals surface area contributed by atoms with E-state index in [9.17, 15) is 5.26 Å². The van der Waals surface area contributed by atoms with Crippen molar-refractivity contribution in [3.63, 3.8) is 0 Å². The van der Waals surface area contributed by atoms with E-state index in [0.717, 1.165) is 77.5 Å². The molecule has 10 rings (SSSR count). The zero-order valence-electron chi connectivity index (χ0n) is 30.5. The monoisotopic (exact) mass is 729 g/mol. The maximum Gasteiger partial charge on any atom is 0.227 e. The third-order valence-corrected chi connectivity index (χ3v) is 10.2. The van der Waals surface area contributed by atoms with Crippen LogP contribution in [0.5, 0.6) is 0 Å². The van der Waals surface area contributed by atoms with Gasteiger partial charge in [0.05, 0.1) is 11.6 Å². The van der Waals surface area contributed by atoms with E-state index in [4.69, 9.17) is 24.4 Å². The number of fused-ring (bicyclic) bond motifs is 3. The Labute approximate surface area is 329 Å². The molecule has 0 aliphatic heterocycles. The predicted octanol–water partition coefficient (Wildman–Crippen LogP) is 12.7. The fourth-order valence-corrected chi connectivity index (χ4v) is 7.37. The van der Waals surface area contributed by atoms with Crippen molar-refractivity contribution in [3.8, 4) is 85.1 Å². The number of hydrogen-bond donors (Lipinski definition) is 0. The topological polar surface area (TPSA) is 88.5 Å². The summed E-state index contributed by atoms with van der Waals surface area (Å²) in [5, 5.41) is 11.6. The van der Waals surface area contributed by atoms with Gasteiger partial charge in [-0.1, -0.05) is 152 Å². The van der Waals surface area contributed by atoms with Crippen molar-refractivity contribution < 1.29 is 4.42 Å². The van der Waals surface area contributed by atoms with Crippen LogP contribution in [0.4, 0.5) is 0 Å². The largest absolute Gasteiger partial charge is 0.435 e. The number of oxazole rings is 1. The smallest absolute Gasteiger partial charge is 0.227 e. The van der Waals surface area contributed by atoms with Gasteiger partial charge in [-0.3, -0.25) is 0 Å². The Kier molecular flexibility index (Phi) is 8.44. The maximum absolute atomic E-state index is 9.48. The standard InChI is InChI=1S/C51H31N5O/c52-32-33-22-24-34(25-23-33)38-26-28-43(42-20-9-10-21-44(42)51-53-46-29-27-35-12-7-8-19-41(35)47(46)57-51)45(31-38)39-17-11-18-40(30-39)50-55-48(36-13-3-1-4-14-36)54-49(56-50)37-15-5-2-6-16-37/h1-31H. The van der Waals surface area contributed by atoms with Crippen LogP contribution < -0.4 is 0 Å². The van der Waals surface area contributed by atoms with Gasteiger partial charge in [0.1, 0.15) is 5.52 Å². The van der Waals surface area contributed by atoms with Crippen molar-refractivity contribution in [2.75, 3.05) is 0 Å². The van der Waals surface area contributed by atoms with E-state index in [-0.39, 0.29) is 0 Å². The minimum Gasteiger partial charge on any atom is -0.435 e. The summed E-state index contributed by atoms with van der Waals surface area (Å²) < 4.78 is 6.60. The number of benzene rings is 8. The molecule has 0 saturated heterocycles. The lowest BCUT2D eigenvalue weighted by Gasteiger charge is -2.16. The SMILES string of the molecule is N#Cc1ccc(-c2ccc(-c3ccccc3-c3nc4ccc5ccccc5c4o3)c(-c3cccc(-c4nc(-c5ccccc5)nc(-c5ccccc5)n4)c3)c2)cc1. The second kappa shape index (κ2) is 14.3. The molecule has 57 heavy (non-hydrogen) atoms. The number of nitriles is 1. The summed E-state index contributed by atoms with van der Waals surface area (Å²) in [6.07, 6.45) is 0. The molecule has 2 heterocycles. The Hall–Kier alpha value is -8.01. The van der Waals surface area contributed by atoms with Crippen LogP contribution in [0.1, 0.15) is 5.56 Å². The zero-order chi connectivity index (χ0) is 38.1. The molecular weight excluding hydrogens is 699 g/mol. The molecule has 8 aromatic carbocycles. The fourth-order valence-electron chi connectivity index (χ4n) is 7.37. The van der Waals surface area contributed by atoms with Gasteiger partial charge >= 0.3 is 0 Å². The maximum atomic E-state index is 9.48. The zero-order valence-corrected chi connectivity index (χ0v) is 30.5. The van der Waals surface area contributed by atoms with Gasteiger partial charge in [0.25, 0.3) is 0 Å². The van der Waals surface area contributed by atoms with Crippen LogP contribution in [-0.2, 0) is 0 Å². The summed E-state index contributed by atoms with van der Waals surface area (Å²) in [5.41, 5.74) is 11.8. The van der Waals surface area contributed by atoms with Gasteiger partial charge in [0.2, 0.25) is 5.89 Å². The molecule has 0 amide bonds. The van der Waals surface area contributed by atoms with Crippen molar-refractivity contribution in [1.82, 2.24) is 19.9 Å². The Morgan fingerprint density at radius 1 is 0.386 bits per heavy atom. The molecule has 0 atom stereocenters. The first-order chi connectivity index (χ1) is 28.2. The molecule has 0 fully saturated rings. The molecule has 0 N–H and O–H groups in total. The lowest BCUT2D eigenvalue weighted by atomic mass is 9.88. The second-order valence-electron chi connectivity index (χ2n) is 13.8. The van der Waals surface area contributed by atoms with Crippen LogP contribution in [0, 0.1) is 11.3 Å². The van der Waals surface area contributed by atoms with Gasteiger partial charge in [-0.15, -0.1) is 0 Å². The van der Waals surface area contributed by atoms with Crippen molar-refractivity contribution in [2.24, 2.45) is 0 Å². The number of rotatable bonds is 7. The summed E-state index contributed by atoms with van der Waals surface area (Å²) >= 11 is 0. The molecule has 10 aromatic rings.